The van der Waals surface area contributed by atoms with Crippen LogP contribution >= 0.6 is 15.9 Å². The van der Waals surface area contributed by atoms with Crippen LogP contribution < -0.4 is 11.3 Å². The topological polar surface area (TPSA) is 65.8 Å². The van der Waals surface area contributed by atoms with E-state index in [-0.39, 0.29) is 11.2 Å². The summed E-state index contributed by atoms with van der Waals surface area (Å²) < 4.78 is 3.83. The molecule has 2 aromatic heterocycles. The molecule has 15 heavy (non-hydrogen) atoms. The van der Waals surface area contributed by atoms with Gasteiger partial charge in [-0.15, -0.1) is 0 Å². The van der Waals surface area contributed by atoms with E-state index in [0.29, 0.717) is 5.69 Å². The number of anilines is 1. The third kappa shape index (κ3) is 1.80. The molecule has 0 amide bonds. The van der Waals surface area contributed by atoms with Crippen molar-refractivity contribution in [2.24, 2.45) is 7.05 Å². The summed E-state index contributed by atoms with van der Waals surface area (Å²) in [5.74, 6) is 0. The smallest absolute Gasteiger partial charge is 0.278 e. The lowest BCUT2D eigenvalue weighted by Gasteiger charge is -2.03. The average Bonchev–Trinajstić information content (AvgIpc) is 2.58. The van der Waals surface area contributed by atoms with E-state index in [9.17, 15) is 4.79 Å². The largest absolute Gasteiger partial charge is 0.394 e. The first kappa shape index (κ1) is 9.97. The second-order valence-corrected chi connectivity index (χ2v) is 4.08. The highest BCUT2D eigenvalue weighted by Crippen LogP contribution is 2.12. The summed E-state index contributed by atoms with van der Waals surface area (Å²) in [7, 11) is 1.79. The molecule has 0 aliphatic carbocycles. The second-order valence-electron chi connectivity index (χ2n) is 3.16. The van der Waals surface area contributed by atoms with Gasteiger partial charge in [-0.2, -0.15) is 5.10 Å². The van der Waals surface area contributed by atoms with Crippen molar-refractivity contribution < 1.29 is 0 Å². The number of hydrogen-bond acceptors (Lipinski definition) is 3. The van der Waals surface area contributed by atoms with Crippen LogP contribution in [0.3, 0.4) is 0 Å². The Morgan fingerprint density at radius 1 is 1.47 bits per heavy atom. The third-order valence-corrected chi connectivity index (χ3v) is 2.41. The summed E-state index contributed by atoms with van der Waals surface area (Å²) in [6.07, 6.45) is 5.01. The van der Waals surface area contributed by atoms with E-state index < -0.39 is 0 Å². The molecule has 0 aromatic carbocycles. The fourth-order valence-electron chi connectivity index (χ4n) is 1.29. The van der Waals surface area contributed by atoms with Crippen LogP contribution in [0.15, 0.2) is 33.9 Å². The molecule has 0 radical (unpaired) electrons. The van der Waals surface area contributed by atoms with Gasteiger partial charge in [0.25, 0.3) is 5.56 Å². The van der Waals surface area contributed by atoms with Gasteiger partial charge in [-0.25, -0.2) is 0 Å². The number of aryl methyl sites for hydroxylation is 1. The first-order valence-corrected chi connectivity index (χ1v) is 5.04. The molecule has 0 aliphatic rings. The maximum absolute atomic E-state index is 11.7. The molecular weight excluding hydrogens is 260 g/mol. The van der Waals surface area contributed by atoms with Crippen LogP contribution in [0.5, 0.6) is 0 Å². The molecule has 2 heterocycles. The van der Waals surface area contributed by atoms with Crippen molar-refractivity contribution in [3.05, 3.63) is 39.5 Å². The zero-order chi connectivity index (χ0) is 11.0. The lowest BCUT2D eigenvalue weighted by atomic mass is 10.4. The summed E-state index contributed by atoms with van der Waals surface area (Å²) in [4.78, 5) is 11.7. The van der Waals surface area contributed by atoms with Crippen molar-refractivity contribution >= 4 is 21.6 Å². The van der Waals surface area contributed by atoms with Gasteiger partial charge >= 0.3 is 0 Å². The van der Waals surface area contributed by atoms with Crippen molar-refractivity contribution in [2.45, 2.75) is 0 Å². The predicted molar refractivity (Wildman–Crippen MR) is 60.9 cm³/mol. The van der Waals surface area contributed by atoms with Gasteiger partial charge in [-0.3, -0.25) is 14.0 Å². The quantitative estimate of drug-likeness (QED) is 0.837. The molecule has 6 heteroatoms. The molecular formula is C9H9BrN4O. The van der Waals surface area contributed by atoms with E-state index >= 15 is 0 Å². The minimum Gasteiger partial charge on any atom is -0.394 e. The van der Waals surface area contributed by atoms with Crippen LogP contribution in [0.25, 0.3) is 5.69 Å². The molecule has 0 spiro atoms. The molecule has 0 unspecified atom stereocenters. The first-order valence-electron chi connectivity index (χ1n) is 4.24. The zero-order valence-corrected chi connectivity index (χ0v) is 9.60. The molecule has 0 fully saturated rings. The van der Waals surface area contributed by atoms with Gasteiger partial charge in [-0.05, 0) is 22.0 Å². The Labute approximate surface area is 94.3 Å². The molecule has 2 aromatic rings. The van der Waals surface area contributed by atoms with E-state index in [1.807, 2.05) is 0 Å². The number of halogens is 1. The van der Waals surface area contributed by atoms with Crippen LogP contribution in [0.2, 0.25) is 0 Å². The highest BCUT2D eigenvalue weighted by molar-refractivity contribution is 9.10. The van der Waals surface area contributed by atoms with Gasteiger partial charge in [0.1, 0.15) is 0 Å². The highest BCUT2D eigenvalue weighted by Gasteiger charge is 2.05. The Hall–Kier alpha value is -1.56. The second kappa shape index (κ2) is 3.54. The molecule has 0 atom stereocenters. The van der Waals surface area contributed by atoms with Crippen molar-refractivity contribution in [2.75, 3.05) is 5.73 Å². The fourth-order valence-corrected chi connectivity index (χ4v) is 1.74. The molecule has 0 aliphatic heterocycles. The standard InChI is InChI=1S/C9H9BrN4O/c1-13-5-7(3-12-13)14-4-6(10)2-8(11)9(14)15/h2-5H,11H2,1H3. The van der Waals surface area contributed by atoms with Crippen molar-refractivity contribution in [3.8, 4) is 5.69 Å². The summed E-state index contributed by atoms with van der Waals surface area (Å²) in [5.41, 5.74) is 6.22. The zero-order valence-electron chi connectivity index (χ0n) is 8.01. The van der Waals surface area contributed by atoms with Gasteiger partial charge < -0.3 is 5.73 Å². The average molecular weight is 269 g/mol. The van der Waals surface area contributed by atoms with Crippen LogP contribution in [-0.2, 0) is 7.05 Å². The summed E-state index contributed by atoms with van der Waals surface area (Å²) >= 11 is 3.28. The van der Waals surface area contributed by atoms with Gasteiger partial charge in [0.15, 0.2) is 0 Å². The minimum atomic E-state index is -0.244. The van der Waals surface area contributed by atoms with Gasteiger partial charge in [0.2, 0.25) is 0 Å². The number of nitrogen functional groups attached to an aromatic ring is 1. The number of nitrogens with zero attached hydrogens (tertiary/aromatic N) is 3. The van der Waals surface area contributed by atoms with Crippen LogP contribution in [0.1, 0.15) is 0 Å². The summed E-state index contributed by atoms with van der Waals surface area (Å²) in [5, 5.41) is 3.99. The normalized spacial score (nSPS) is 10.5. The number of pyridine rings is 1. The lowest BCUT2D eigenvalue weighted by molar-refractivity contribution is 0.767. The number of aromatic nitrogens is 3. The molecule has 0 saturated heterocycles. The van der Waals surface area contributed by atoms with Crippen molar-refractivity contribution in [1.29, 1.82) is 0 Å². The van der Waals surface area contributed by atoms with Crippen LogP contribution in [0, 0.1) is 0 Å². The fraction of sp³-hybridized carbons (Fsp3) is 0.111. The number of hydrogen-bond donors (Lipinski definition) is 1. The summed E-state index contributed by atoms with van der Waals surface area (Å²) in [6.45, 7) is 0. The molecule has 78 valence electrons. The first-order chi connectivity index (χ1) is 7.08. The van der Waals surface area contributed by atoms with Crippen LogP contribution in [-0.4, -0.2) is 14.3 Å². The number of nitrogens with two attached hydrogens (primary N) is 1. The van der Waals surface area contributed by atoms with E-state index in [1.165, 1.54) is 4.57 Å². The molecule has 0 saturated carbocycles. The van der Waals surface area contributed by atoms with Crippen molar-refractivity contribution in [3.63, 3.8) is 0 Å². The predicted octanol–water partition coefficient (Wildman–Crippen LogP) is 0.916. The van der Waals surface area contributed by atoms with Crippen molar-refractivity contribution in [1.82, 2.24) is 14.3 Å². The van der Waals surface area contributed by atoms with Crippen LogP contribution in [0.4, 0.5) is 5.69 Å². The lowest BCUT2D eigenvalue weighted by Crippen LogP contribution is -2.20. The monoisotopic (exact) mass is 268 g/mol. The van der Waals surface area contributed by atoms with E-state index in [4.69, 9.17) is 5.73 Å². The molecule has 2 rings (SSSR count). The third-order valence-electron chi connectivity index (χ3n) is 1.98. The summed E-state index contributed by atoms with van der Waals surface area (Å²) in [6, 6.07) is 1.58. The SMILES string of the molecule is Cn1cc(-n2cc(Br)cc(N)c2=O)cn1. The molecule has 0 bridgehead atoms. The Kier molecular flexibility index (Phi) is 2.36. The van der Waals surface area contributed by atoms with E-state index in [0.717, 1.165) is 4.47 Å². The maximum atomic E-state index is 11.7. The Bertz CT molecular complexity index is 557. The Morgan fingerprint density at radius 2 is 2.20 bits per heavy atom. The van der Waals surface area contributed by atoms with Gasteiger partial charge in [0, 0.05) is 23.9 Å². The molecule has 2 N–H and O–H groups in total. The molecule has 5 nitrogen and oxygen atoms in total. The Balaban J connectivity index is 2.67. The Morgan fingerprint density at radius 3 is 2.80 bits per heavy atom. The minimum absolute atomic E-state index is 0.202. The highest BCUT2D eigenvalue weighted by atomic mass is 79.9. The van der Waals surface area contributed by atoms with Gasteiger partial charge in [-0.1, -0.05) is 0 Å². The maximum Gasteiger partial charge on any atom is 0.278 e. The number of rotatable bonds is 1. The van der Waals surface area contributed by atoms with Gasteiger partial charge in [0.05, 0.1) is 17.6 Å². The van der Waals surface area contributed by atoms with E-state index in [2.05, 4.69) is 21.0 Å². The van der Waals surface area contributed by atoms with E-state index in [1.54, 1.807) is 36.4 Å².